The van der Waals surface area contributed by atoms with Gasteiger partial charge in [0.15, 0.2) is 0 Å². The van der Waals surface area contributed by atoms with Crippen LogP contribution in [0.2, 0.25) is 0 Å². The van der Waals surface area contributed by atoms with E-state index in [-0.39, 0.29) is 11.9 Å². The molecule has 0 aromatic heterocycles. The van der Waals surface area contributed by atoms with Crippen LogP contribution in [0.25, 0.3) is 0 Å². The fourth-order valence-corrected chi connectivity index (χ4v) is 2.79. The Morgan fingerprint density at radius 3 is 3.12 bits per heavy atom. The van der Waals surface area contributed by atoms with Crippen molar-refractivity contribution < 1.29 is 9.53 Å². The highest BCUT2D eigenvalue weighted by atomic mass is 16.5. The molecule has 2 aliphatic heterocycles. The lowest BCUT2D eigenvalue weighted by Crippen LogP contribution is -2.60. The second-order valence-corrected chi connectivity index (χ2v) is 4.77. The maximum atomic E-state index is 11.9. The minimum atomic E-state index is -0.0168. The van der Waals surface area contributed by atoms with Crippen molar-refractivity contribution in [2.24, 2.45) is 0 Å². The summed E-state index contributed by atoms with van der Waals surface area (Å²) in [6, 6.07) is 0.485. The molecule has 2 saturated heterocycles. The second kappa shape index (κ2) is 6.33. The summed E-state index contributed by atoms with van der Waals surface area (Å²) in [5, 5.41) is 6.07. The first-order chi connectivity index (χ1) is 8.33. The summed E-state index contributed by atoms with van der Waals surface area (Å²) >= 11 is 0. The van der Waals surface area contributed by atoms with Crippen LogP contribution in [0.5, 0.6) is 0 Å². The fraction of sp³-hybridized carbons (Fsp3) is 0.917. The molecule has 2 rings (SSSR count). The van der Waals surface area contributed by atoms with Crippen molar-refractivity contribution in [1.82, 2.24) is 15.5 Å². The molecule has 5 heteroatoms. The van der Waals surface area contributed by atoms with Gasteiger partial charge in [0.05, 0.1) is 0 Å². The number of ether oxygens (including phenoxy) is 1. The quantitative estimate of drug-likeness (QED) is 0.689. The first kappa shape index (κ1) is 12.8. The molecule has 17 heavy (non-hydrogen) atoms. The lowest BCUT2D eigenvalue weighted by Gasteiger charge is -2.40. The number of likely N-dealkylation sites (N-methyl/N-ethyl adjacent to an activating group) is 1. The van der Waals surface area contributed by atoms with Crippen molar-refractivity contribution in [3.05, 3.63) is 0 Å². The minimum Gasteiger partial charge on any atom is -0.381 e. The summed E-state index contributed by atoms with van der Waals surface area (Å²) < 4.78 is 5.49. The van der Waals surface area contributed by atoms with E-state index in [1.54, 1.807) is 7.05 Å². The minimum absolute atomic E-state index is 0.0168. The first-order valence-electron chi connectivity index (χ1n) is 6.58. The Morgan fingerprint density at radius 1 is 1.41 bits per heavy atom. The normalized spacial score (nSPS) is 31.8. The molecular formula is C12H23N3O2. The van der Waals surface area contributed by atoms with Crippen LogP contribution in [0.4, 0.5) is 0 Å². The summed E-state index contributed by atoms with van der Waals surface area (Å²) in [6.45, 7) is 4.40. The molecule has 0 radical (unpaired) electrons. The van der Waals surface area contributed by atoms with Crippen LogP contribution < -0.4 is 10.6 Å². The summed E-state index contributed by atoms with van der Waals surface area (Å²) in [5.74, 6) is 0.127. The van der Waals surface area contributed by atoms with Gasteiger partial charge in [0.25, 0.3) is 0 Å². The SMILES string of the molecule is CNC(=O)C1CNCCN1C1CCCOCC1. The predicted molar refractivity (Wildman–Crippen MR) is 65.9 cm³/mol. The third kappa shape index (κ3) is 3.18. The van der Waals surface area contributed by atoms with Crippen LogP contribution in [-0.4, -0.2) is 62.8 Å². The number of carbonyl (C=O) groups excluding carboxylic acids is 1. The molecule has 5 nitrogen and oxygen atoms in total. The maximum absolute atomic E-state index is 11.9. The van der Waals surface area contributed by atoms with E-state index in [2.05, 4.69) is 15.5 Å². The van der Waals surface area contributed by atoms with Crippen LogP contribution in [0.3, 0.4) is 0 Å². The first-order valence-corrected chi connectivity index (χ1v) is 6.58. The molecule has 0 aliphatic carbocycles. The molecule has 0 bridgehead atoms. The lowest BCUT2D eigenvalue weighted by atomic mass is 10.0. The van der Waals surface area contributed by atoms with Crippen LogP contribution in [0.15, 0.2) is 0 Å². The Bertz CT molecular complexity index is 252. The highest BCUT2D eigenvalue weighted by molar-refractivity contribution is 5.81. The van der Waals surface area contributed by atoms with E-state index in [1.807, 2.05) is 0 Å². The Labute approximate surface area is 103 Å². The molecule has 1 amide bonds. The zero-order chi connectivity index (χ0) is 12.1. The van der Waals surface area contributed by atoms with E-state index < -0.39 is 0 Å². The van der Waals surface area contributed by atoms with E-state index in [4.69, 9.17) is 4.74 Å². The standard InChI is InChI=1S/C12H23N3O2/c1-13-12(16)11-9-14-5-6-15(11)10-3-2-7-17-8-4-10/h10-11,14H,2-9H2,1H3,(H,13,16). The zero-order valence-corrected chi connectivity index (χ0v) is 10.6. The van der Waals surface area contributed by atoms with Crippen molar-refractivity contribution in [2.45, 2.75) is 31.3 Å². The van der Waals surface area contributed by atoms with Gasteiger partial charge in [-0.3, -0.25) is 9.69 Å². The number of hydrogen-bond donors (Lipinski definition) is 2. The third-order valence-corrected chi connectivity index (χ3v) is 3.72. The third-order valence-electron chi connectivity index (χ3n) is 3.72. The number of amides is 1. The van der Waals surface area contributed by atoms with Crippen LogP contribution in [0.1, 0.15) is 19.3 Å². The number of piperazine rings is 1. The van der Waals surface area contributed by atoms with Crippen molar-refractivity contribution >= 4 is 5.91 Å². The number of carbonyl (C=O) groups is 1. The molecular weight excluding hydrogens is 218 g/mol. The van der Waals surface area contributed by atoms with Crippen molar-refractivity contribution in [3.8, 4) is 0 Å². The molecule has 2 heterocycles. The Kier molecular flexibility index (Phi) is 4.76. The summed E-state index contributed by atoms with van der Waals surface area (Å²) in [5.41, 5.74) is 0. The van der Waals surface area contributed by atoms with Gasteiger partial charge in [0.1, 0.15) is 6.04 Å². The summed E-state index contributed by atoms with van der Waals surface area (Å²) in [7, 11) is 1.71. The van der Waals surface area contributed by atoms with E-state index in [9.17, 15) is 4.79 Å². The van der Waals surface area contributed by atoms with Gasteiger partial charge in [0, 0.05) is 45.9 Å². The molecule has 0 spiro atoms. The summed E-state index contributed by atoms with van der Waals surface area (Å²) in [4.78, 5) is 14.2. The molecule has 2 aliphatic rings. The molecule has 0 saturated carbocycles. The van der Waals surface area contributed by atoms with Crippen molar-refractivity contribution in [2.75, 3.05) is 39.9 Å². The van der Waals surface area contributed by atoms with Gasteiger partial charge >= 0.3 is 0 Å². The number of nitrogens with zero attached hydrogens (tertiary/aromatic N) is 1. The summed E-state index contributed by atoms with van der Waals surface area (Å²) in [6.07, 6.45) is 3.30. The number of nitrogens with one attached hydrogen (secondary N) is 2. The predicted octanol–water partition coefficient (Wildman–Crippen LogP) is -0.425. The second-order valence-electron chi connectivity index (χ2n) is 4.77. The zero-order valence-electron chi connectivity index (χ0n) is 10.6. The Balaban J connectivity index is 2.01. The lowest BCUT2D eigenvalue weighted by molar-refractivity contribution is -0.127. The highest BCUT2D eigenvalue weighted by Crippen LogP contribution is 2.19. The molecule has 2 N–H and O–H groups in total. The molecule has 2 atom stereocenters. The van der Waals surface area contributed by atoms with Crippen molar-refractivity contribution in [1.29, 1.82) is 0 Å². The van der Waals surface area contributed by atoms with E-state index in [0.29, 0.717) is 6.04 Å². The Morgan fingerprint density at radius 2 is 2.29 bits per heavy atom. The average molecular weight is 241 g/mol. The largest absolute Gasteiger partial charge is 0.381 e. The van der Waals surface area contributed by atoms with Gasteiger partial charge in [-0.25, -0.2) is 0 Å². The number of hydrogen-bond acceptors (Lipinski definition) is 4. The van der Waals surface area contributed by atoms with Gasteiger partial charge in [-0.2, -0.15) is 0 Å². The topological polar surface area (TPSA) is 53.6 Å². The molecule has 0 aromatic carbocycles. The Hall–Kier alpha value is -0.650. The van der Waals surface area contributed by atoms with Crippen LogP contribution in [0, 0.1) is 0 Å². The van der Waals surface area contributed by atoms with E-state index in [1.165, 1.54) is 0 Å². The maximum Gasteiger partial charge on any atom is 0.238 e. The molecule has 0 aromatic rings. The monoisotopic (exact) mass is 241 g/mol. The highest BCUT2D eigenvalue weighted by Gasteiger charge is 2.33. The van der Waals surface area contributed by atoms with Gasteiger partial charge in [-0.1, -0.05) is 0 Å². The fourth-order valence-electron chi connectivity index (χ4n) is 2.79. The van der Waals surface area contributed by atoms with Gasteiger partial charge in [-0.15, -0.1) is 0 Å². The smallest absolute Gasteiger partial charge is 0.238 e. The van der Waals surface area contributed by atoms with E-state index in [0.717, 1.165) is 52.1 Å². The van der Waals surface area contributed by atoms with Crippen LogP contribution >= 0.6 is 0 Å². The van der Waals surface area contributed by atoms with Crippen molar-refractivity contribution in [3.63, 3.8) is 0 Å². The van der Waals surface area contributed by atoms with E-state index >= 15 is 0 Å². The number of rotatable bonds is 2. The van der Waals surface area contributed by atoms with Gasteiger partial charge in [0.2, 0.25) is 5.91 Å². The van der Waals surface area contributed by atoms with Crippen LogP contribution in [-0.2, 0) is 9.53 Å². The van der Waals surface area contributed by atoms with Gasteiger partial charge in [-0.05, 0) is 19.3 Å². The molecule has 2 fully saturated rings. The molecule has 2 unspecified atom stereocenters. The molecule has 98 valence electrons. The average Bonchev–Trinajstić information content (AvgIpc) is 2.66. The van der Waals surface area contributed by atoms with Gasteiger partial charge < -0.3 is 15.4 Å².